The van der Waals surface area contributed by atoms with Crippen molar-refractivity contribution in [2.75, 3.05) is 11.9 Å². The van der Waals surface area contributed by atoms with E-state index < -0.39 is 0 Å². The van der Waals surface area contributed by atoms with Gasteiger partial charge in [-0.15, -0.1) is 0 Å². The van der Waals surface area contributed by atoms with Crippen molar-refractivity contribution in [3.05, 3.63) is 65.7 Å². The van der Waals surface area contributed by atoms with Gasteiger partial charge in [0.25, 0.3) is 5.91 Å². The Morgan fingerprint density at radius 3 is 2.42 bits per heavy atom. The lowest BCUT2D eigenvalue weighted by Gasteiger charge is -2.16. The highest BCUT2D eigenvalue weighted by Gasteiger charge is 2.32. The maximum atomic E-state index is 12.4. The average Bonchev–Trinajstić information content (AvgIpc) is 2.73. The van der Waals surface area contributed by atoms with E-state index in [1.54, 1.807) is 11.9 Å². The molecule has 2 aromatic carbocycles. The van der Waals surface area contributed by atoms with Gasteiger partial charge in [0.2, 0.25) is 0 Å². The molecule has 0 saturated carbocycles. The van der Waals surface area contributed by atoms with Crippen LogP contribution in [0.15, 0.2) is 59.6 Å². The average molecular weight is 250 g/mol. The van der Waals surface area contributed by atoms with E-state index in [0.717, 1.165) is 16.8 Å². The topological polar surface area (TPSA) is 32.7 Å². The maximum absolute atomic E-state index is 12.4. The van der Waals surface area contributed by atoms with E-state index in [-0.39, 0.29) is 5.91 Å². The number of hydrogen-bond acceptors (Lipinski definition) is 2. The normalized spacial score (nSPS) is 15.9. The molecule has 0 N–H and O–H groups in total. The molecule has 3 nitrogen and oxygen atoms in total. The van der Waals surface area contributed by atoms with Crippen molar-refractivity contribution in [1.29, 1.82) is 0 Å². The second-order valence-electron chi connectivity index (χ2n) is 4.47. The minimum atomic E-state index is -0.0208. The van der Waals surface area contributed by atoms with Crippen molar-refractivity contribution < 1.29 is 4.79 Å². The molecule has 0 atom stereocenters. The van der Waals surface area contributed by atoms with Crippen LogP contribution in [0.5, 0.6) is 0 Å². The molecule has 94 valence electrons. The number of amides is 1. The third-order valence-corrected chi connectivity index (χ3v) is 3.30. The van der Waals surface area contributed by atoms with Crippen LogP contribution in [0.3, 0.4) is 0 Å². The van der Waals surface area contributed by atoms with Gasteiger partial charge >= 0.3 is 0 Å². The molecule has 2 aromatic rings. The molecule has 1 aliphatic rings. The van der Waals surface area contributed by atoms with Crippen LogP contribution in [-0.4, -0.2) is 18.7 Å². The largest absolute Gasteiger partial charge is 0.302 e. The second-order valence-corrected chi connectivity index (χ2v) is 4.47. The van der Waals surface area contributed by atoms with Crippen LogP contribution in [0, 0.1) is 0 Å². The first-order valence-electron chi connectivity index (χ1n) is 6.23. The third kappa shape index (κ3) is 1.93. The molecule has 0 radical (unpaired) electrons. The maximum Gasteiger partial charge on any atom is 0.277 e. The van der Waals surface area contributed by atoms with Crippen LogP contribution < -0.4 is 4.90 Å². The molecular weight excluding hydrogens is 236 g/mol. The van der Waals surface area contributed by atoms with E-state index >= 15 is 0 Å². The fourth-order valence-corrected chi connectivity index (χ4v) is 2.40. The first-order chi connectivity index (χ1) is 9.31. The molecule has 0 spiro atoms. The monoisotopic (exact) mass is 250 g/mol. The highest BCUT2D eigenvalue weighted by atomic mass is 16.2. The number of hydrogen-bond donors (Lipinski definition) is 0. The van der Waals surface area contributed by atoms with E-state index in [1.807, 2.05) is 54.6 Å². The molecule has 0 aromatic heterocycles. The summed E-state index contributed by atoms with van der Waals surface area (Å²) in [7, 11) is 1.66. The zero-order valence-corrected chi connectivity index (χ0v) is 10.7. The molecule has 0 bridgehead atoms. The van der Waals surface area contributed by atoms with Gasteiger partial charge in [0.1, 0.15) is 5.71 Å². The van der Waals surface area contributed by atoms with Gasteiger partial charge in [-0.2, -0.15) is 0 Å². The van der Waals surface area contributed by atoms with Crippen molar-refractivity contribution in [1.82, 2.24) is 0 Å². The molecule has 19 heavy (non-hydrogen) atoms. The van der Waals surface area contributed by atoms with Crippen LogP contribution in [0.4, 0.5) is 5.69 Å². The van der Waals surface area contributed by atoms with Crippen molar-refractivity contribution in [2.45, 2.75) is 6.54 Å². The summed E-state index contributed by atoms with van der Waals surface area (Å²) < 4.78 is 0. The molecule has 1 aliphatic heterocycles. The van der Waals surface area contributed by atoms with E-state index in [4.69, 9.17) is 0 Å². The fourth-order valence-electron chi connectivity index (χ4n) is 2.40. The Hall–Kier alpha value is -2.42. The van der Waals surface area contributed by atoms with Crippen LogP contribution in [0.2, 0.25) is 0 Å². The molecule has 3 heteroatoms. The van der Waals surface area contributed by atoms with E-state index in [2.05, 4.69) is 4.99 Å². The van der Waals surface area contributed by atoms with Crippen LogP contribution in [0.1, 0.15) is 11.1 Å². The van der Waals surface area contributed by atoms with Crippen LogP contribution >= 0.6 is 0 Å². The predicted octanol–water partition coefficient (Wildman–Crippen LogP) is 2.65. The number of rotatable bonds is 2. The van der Waals surface area contributed by atoms with Gasteiger partial charge in [0, 0.05) is 12.6 Å². The summed E-state index contributed by atoms with van der Waals surface area (Å²) in [5.74, 6) is -0.0208. The zero-order chi connectivity index (χ0) is 13.2. The van der Waals surface area contributed by atoms with Crippen LogP contribution in [0.25, 0.3) is 0 Å². The summed E-state index contributed by atoms with van der Waals surface area (Å²) in [5.41, 5.74) is 3.53. The number of anilines is 1. The van der Waals surface area contributed by atoms with Crippen molar-refractivity contribution in [3.8, 4) is 0 Å². The minimum absolute atomic E-state index is 0.0208. The zero-order valence-electron chi connectivity index (χ0n) is 10.7. The number of para-hydroxylation sites is 1. The summed E-state index contributed by atoms with van der Waals surface area (Å²) >= 11 is 0. The molecule has 1 heterocycles. The summed E-state index contributed by atoms with van der Waals surface area (Å²) in [6.07, 6.45) is 0. The molecule has 3 rings (SSSR count). The summed E-state index contributed by atoms with van der Waals surface area (Å²) in [6.45, 7) is 0.579. The van der Waals surface area contributed by atoms with Gasteiger partial charge in [-0.05, 0) is 11.6 Å². The first kappa shape index (κ1) is 11.7. The number of carbonyl (C=O) groups excluding carboxylic acids is 1. The van der Waals surface area contributed by atoms with Gasteiger partial charge in [0.15, 0.2) is 0 Å². The summed E-state index contributed by atoms with van der Waals surface area (Å²) in [4.78, 5) is 18.3. The van der Waals surface area contributed by atoms with E-state index in [9.17, 15) is 4.79 Å². The Kier molecular flexibility index (Phi) is 2.88. The lowest BCUT2D eigenvalue weighted by molar-refractivity contribution is -0.112. The number of fused-ring (bicyclic) bond motifs is 1. The lowest BCUT2D eigenvalue weighted by atomic mass is 10.1. The van der Waals surface area contributed by atoms with Gasteiger partial charge in [-0.1, -0.05) is 48.5 Å². The molecule has 0 unspecified atom stereocenters. The Bertz CT molecular complexity index is 647. The Labute approximate surface area is 112 Å². The SMILES string of the molecule is CN=C1C(=O)N(Cc2ccccc2)c2ccccc21. The standard InChI is InChI=1S/C16H14N2O/c1-17-15-13-9-5-6-10-14(13)18(16(15)19)11-12-7-3-2-4-8-12/h2-10H,11H2,1H3. The van der Waals surface area contributed by atoms with Gasteiger partial charge < -0.3 is 4.90 Å². The van der Waals surface area contributed by atoms with Crippen molar-refractivity contribution in [2.24, 2.45) is 4.99 Å². The number of nitrogens with zero attached hydrogens (tertiary/aromatic N) is 2. The molecule has 0 aliphatic carbocycles. The van der Waals surface area contributed by atoms with Gasteiger partial charge in [-0.3, -0.25) is 9.79 Å². The smallest absolute Gasteiger partial charge is 0.277 e. The quantitative estimate of drug-likeness (QED) is 0.806. The molecular formula is C16H14N2O. The lowest BCUT2D eigenvalue weighted by Crippen LogP contribution is -2.29. The first-order valence-corrected chi connectivity index (χ1v) is 6.23. The predicted molar refractivity (Wildman–Crippen MR) is 76.5 cm³/mol. The molecule has 0 saturated heterocycles. The molecule has 0 fully saturated rings. The minimum Gasteiger partial charge on any atom is -0.302 e. The molecule has 1 amide bonds. The summed E-state index contributed by atoms with van der Waals surface area (Å²) in [6, 6.07) is 17.8. The van der Waals surface area contributed by atoms with E-state index in [0.29, 0.717) is 12.3 Å². The van der Waals surface area contributed by atoms with Gasteiger partial charge in [-0.25, -0.2) is 0 Å². The second kappa shape index (κ2) is 4.69. The number of aliphatic imine (C=N–C) groups is 1. The van der Waals surface area contributed by atoms with E-state index in [1.165, 1.54) is 0 Å². The van der Waals surface area contributed by atoms with Crippen LogP contribution in [-0.2, 0) is 11.3 Å². The fraction of sp³-hybridized carbons (Fsp3) is 0.125. The summed E-state index contributed by atoms with van der Waals surface area (Å²) in [5, 5.41) is 0. The van der Waals surface area contributed by atoms with Crippen molar-refractivity contribution >= 4 is 17.3 Å². The van der Waals surface area contributed by atoms with Gasteiger partial charge in [0.05, 0.1) is 12.2 Å². The number of carbonyl (C=O) groups is 1. The highest BCUT2D eigenvalue weighted by Crippen LogP contribution is 2.30. The Balaban J connectivity index is 2.01. The van der Waals surface area contributed by atoms with Crippen molar-refractivity contribution in [3.63, 3.8) is 0 Å². The third-order valence-electron chi connectivity index (χ3n) is 3.30. The number of benzene rings is 2. The Morgan fingerprint density at radius 2 is 1.68 bits per heavy atom. The Morgan fingerprint density at radius 1 is 1.00 bits per heavy atom. The highest BCUT2D eigenvalue weighted by molar-refractivity contribution is 6.54.